The summed E-state index contributed by atoms with van der Waals surface area (Å²) in [6.45, 7) is 3.60. The number of nitrogens with two attached hydrogens (primary N) is 1. The molecule has 6 heteroatoms. The summed E-state index contributed by atoms with van der Waals surface area (Å²) in [5.41, 5.74) is 6.22. The molecule has 0 bridgehead atoms. The van der Waals surface area contributed by atoms with E-state index in [2.05, 4.69) is 4.98 Å². The van der Waals surface area contributed by atoms with Gasteiger partial charge in [-0.1, -0.05) is 0 Å². The molecule has 0 aliphatic heterocycles. The molecule has 1 heterocycles. The number of imidazole rings is 1. The second-order valence-corrected chi connectivity index (χ2v) is 4.05. The lowest BCUT2D eigenvalue weighted by Gasteiger charge is -2.13. The van der Waals surface area contributed by atoms with Crippen molar-refractivity contribution in [3.63, 3.8) is 0 Å². The number of nitrogens with zero attached hydrogens (tertiary/aromatic N) is 2. The maximum absolute atomic E-state index is 12.7. The summed E-state index contributed by atoms with van der Waals surface area (Å²) < 4.78 is 39.8. The van der Waals surface area contributed by atoms with E-state index in [1.54, 1.807) is 24.5 Å². The predicted molar refractivity (Wildman–Crippen MR) is 62.5 cm³/mol. The summed E-state index contributed by atoms with van der Waals surface area (Å²) in [6, 6.07) is 3.83. The monoisotopic (exact) mass is 255 g/mol. The summed E-state index contributed by atoms with van der Waals surface area (Å²) in [5, 5.41) is 0. The molecule has 0 unspecified atom stereocenters. The SMILES string of the molecule is Cc1ncn(-c2ccc(N)c(C(F)(F)F)c2)c1C. The van der Waals surface area contributed by atoms with E-state index in [0.29, 0.717) is 5.69 Å². The van der Waals surface area contributed by atoms with Crippen LogP contribution in [0.1, 0.15) is 17.0 Å². The number of nitrogen functional groups attached to an aromatic ring is 1. The highest BCUT2D eigenvalue weighted by Gasteiger charge is 2.33. The fourth-order valence-corrected chi connectivity index (χ4v) is 1.70. The van der Waals surface area contributed by atoms with Crippen molar-refractivity contribution in [2.75, 3.05) is 5.73 Å². The van der Waals surface area contributed by atoms with Gasteiger partial charge in [0.1, 0.15) is 0 Å². The first-order valence-electron chi connectivity index (χ1n) is 5.28. The van der Waals surface area contributed by atoms with Crippen molar-refractivity contribution >= 4 is 5.69 Å². The maximum atomic E-state index is 12.7. The van der Waals surface area contributed by atoms with Gasteiger partial charge >= 0.3 is 6.18 Å². The Balaban J connectivity index is 2.58. The van der Waals surface area contributed by atoms with Crippen molar-refractivity contribution in [2.45, 2.75) is 20.0 Å². The van der Waals surface area contributed by atoms with Gasteiger partial charge in [0.05, 0.1) is 17.6 Å². The van der Waals surface area contributed by atoms with E-state index in [1.165, 1.54) is 12.4 Å². The molecule has 1 aromatic carbocycles. The molecule has 0 fully saturated rings. The molecule has 1 aromatic heterocycles. The Labute approximate surface area is 102 Å². The highest BCUT2D eigenvalue weighted by atomic mass is 19.4. The molecule has 0 aliphatic rings. The molecule has 0 aliphatic carbocycles. The van der Waals surface area contributed by atoms with Crippen LogP contribution in [0.25, 0.3) is 5.69 Å². The number of rotatable bonds is 1. The van der Waals surface area contributed by atoms with E-state index in [4.69, 9.17) is 5.73 Å². The number of aromatic nitrogens is 2. The molecular formula is C12H12F3N3. The van der Waals surface area contributed by atoms with Crippen LogP contribution in [0.2, 0.25) is 0 Å². The van der Waals surface area contributed by atoms with Crippen LogP contribution in [-0.2, 0) is 6.18 Å². The Kier molecular flexibility index (Phi) is 2.80. The van der Waals surface area contributed by atoms with E-state index in [1.807, 2.05) is 0 Å². The quantitative estimate of drug-likeness (QED) is 0.796. The second-order valence-electron chi connectivity index (χ2n) is 4.05. The lowest BCUT2D eigenvalue weighted by atomic mass is 10.1. The third kappa shape index (κ3) is 2.05. The van der Waals surface area contributed by atoms with Gasteiger partial charge in [0, 0.05) is 17.1 Å². The fraction of sp³-hybridized carbons (Fsp3) is 0.250. The first-order chi connectivity index (χ1) is 8.30. The zero-order valence-corrected chi connectivity index (χ0v) is 9.92. The first kappa shape index (κ1) is 12.5. The van der Waals surface area contributed by atoms with Crippen molar-refractivity contribution in [2.24, 2.45) is 0 Å². The van der Waals surface area contributed by atoms with Crippen LogP contribution in [0.3, 0.4) is 0 Å². The summed E-state index contributed by atoms with van der Waals surface area (Å²) in [4.78, 5) is 4.06. The van der Waals surface area contributed by atoms with Gasteiger partial charge < -0.3 is 10.3 Å². The van der Waals surface area contributed by atoms with Crippen LogP contribution in [0.5, 0.6) is 0 Å². The molecule has 2 rings (SSSR count). The standard InChI is InChI=1S/C12H12F3N3/c1-7-8(2)18(6-17-7)9-3-4-11(16)10(5-9)12(13,14)15/h3-6H,16H2,1-2H3. The smallest absolute Gasteiger partial charge is 0.398 e. The molecule has 0 saturated carbocycles. The topological polar surface area (TPSA) is 43.8 Å². The molecular weight excluding hydrogens is 243 g/mol. The Morgan fingerprint density at radius 1 is 1.22 bits per heavy atom. The average Bonchev–Trinajstić information content (AvgIpc) is 2.59. The van der Waals surface area contributed by atoms with Crippen molar-refractivity contribution in [1.29, 1.82) is 0 Å². The molecule has 0 atom stereocenters. The molecule has 2 aromatic rings. The lowest BCUT2D eigenvalue weighted by molar-refractivity contribution is -0.136. The Bertz CT molecular complexity index is 585. The number of anilines is 1. The highest BCUT2D eigenvalue weighted by Crippen LogP contribution is 2.34. The summed E-state index contributed by atoms with van der Waals surface area (Å²) in [6.07, 6.45) is -2.96. The van der Waals surface area contributed by atoms with Gasteiger partial charge in [0.15, 0.2) is 0 Å². The van der Waals surface area contributed by atoms with Crippen LogP contribution in [0.4, 0.5) is 18.9 Å². The number of aryl methyl sites for hydroxylation is 1. The van der Waals surface area contributed by atoms with Crippen LogP contribution < -0.4 is 5.73 Å². The molecule has 0 radical (unpaired) electrons. The van der Waals surface area contributed by atoms with E-state index in [-0.39, 0.29) is 5.69 Å². The number of hydrogen-bond donors (Lipinski definition) is 1. The van der Waals surface area contributed by atoms with Crippen molar-refractivity contribution in [3.8, 4) is 5.69 Å². The van der Waals surface area contributed by atoms with E-state index in [9.17, 15) is 13.2 Å². The van der Waals surface area contributed by atoms with Crippen LogP contribution in [0.15, 0.2) is 24.5 Å². The van der Waals surface area contributed by atoms with E-state index < -0.39 is 11.7 Å². The lowest BCUT2D eigenvalue weighted by Crippen LogP contribution is -2.10. The average molecular weight is 255 g/mol. The Hall–Kier alpha value is -1.98. The normalized spacial score (nSPS) is 11.8. The number of hydrogen-bond acceptors (Lipinski definition) is 2. The fourth-order valence-electron chi connectivity index (χ4n) is 1.70. The zero-order chi connectivity index (χ0) is 13.5. The molecule has 3 nitrogen and oxygen atoms in total. The molecule has 2 N–H and O–H groups in total. The van der Waals surface area contributed by atoms with Gasteiger partial charge in [0.25, 0.3) is 0 Å². The van der Waals surface area contributed by atoms with Gasteiger partial charge in [0.2, 0.25) is 0 Å². The zero-order valence-electron chi connectivity index (χ0n) is 9.92. The number of halogens is 3. The number of alkyl halides is 3. The van der Waals surface area contributed by atoms with Crippen molar-refractivity contribution < 1.29 is 13.2 Å². The third-order valence-corrected chi connectivity index (χ3v) is 2.87. The minimum atomic E-state index is -4.45. The Morgan fingerprint density at radius 3 is 2.39 bits per heavy atom. The van der Waals surface area contributed by atoms with Gasteiger partial charge in [-0.05, 0) is 32.0 Å². The van der Waals surface area contributed by atoms with Crippen molar-refractivity contribution in [1.82, 2.24) is 9.55 Å². The van der Waals surface area contributed by atoms with Crippen molar-refractivity contribution in [3.05, 3.63) is 41.5 Å². The van der Waals surface area contributed by atoms with E-state index in [0.717, 1.165) is 17.5 Å². The second kappa shape index (κ2) is 4.04. The van der Waals surface area contributed by atoms with E-state index >= 15 is 0 Å². The highest BCUT2D eigenvalue weighted by molar-refractivity contribution is 5.54. The number of benzene rings is 1. The van der Waals surface area contributed by atoms with Gasteiger partial charge in [-0.2, -0.15) is 13.2 Å². The maximum Gasteiger partial charge on any atom is 0.418 e. The minimum Gasteiger partial charge on any atom is -0.398 e. The predicted octanol–water partition coefficient (Wildman–Crippen LogP) is 3.09. The molecule has 0 amide bonds. The molecule has 0 spiro atoms. The Morgan fingerprint density at radius 2 is 1.89 bits per heavy atom. The van der Waals surface area contributed by atoms with Crippen LogP contribution in [-0.4, -0.2) is 9.55 Å². The first-order valence-corrected chi connectivity index (χ1v) is 5.28. The summed E-state index contributed by atoms with van der Waals surface area (Å²) in [5.74, 6) is 0. The summed E-state index contributed by atoms with van der Waals surface area (Å²) in [7, 11) is 0. The molecule has 96 valence electrons. The van der Waals surface area contributed by atoms with Gasteiger partial charge in [-0.25, -0.2) is 4.98 Å². The van der Waals surface area contributed by atoms with Crippen LogP contribution in [0, 0.1) is 13.8 Å². The molecule has 18 heavy (non-hydrogen) atoms. The third-order valence-electron chi connectivity index (χ3n) is 2.87. The van der Waals surface area contributed by atoms with Gasteiger partial charge in [-0.3, -0.25) is 0 Å². The molecule has 0 saturated heterocycles. The largest absolute Gasteiger partial charge is 0.418 e. The van der Waals surface area contributed by atoms with Crippen LogP contribution >= 0.6 is 0 Å². The van der Waals surface area contributed by atoms with Gasteiger partial charge in [-0.15, -0.1) is 0 Å². The summed E-state index contributed by atoms with van der Waals surface area (Å²) >= 11 is 0. The minimum absolute atomic E-state index is 0.277.